The Morgan fingerprint density at radius 3 is 2.57 bits per heavy atom. The van der Waals surface area contributed by atoms with Crippen molar-refractivity contribution in [2.75, 3.05) is 13.2 Å². The maximum atomic E-state index is 13.2. The van der Waals surface area contributed by atoms with Gasteiger partial charge in [0.1, 0.15) is 0 Å². The largest absolute Gasteiger partial charge is 0.586 e. The maximum Gasteiger partial charge on any atom is 0.586 e. The molecule has 1 atom stereocenters. The van der Waals surface area contributed by atoms with E-state index in [1.54, 1.807) is 6.20 Å². The molecule has 0 bridgehead atoms. The van der Waals surface area contributed by atoms with E-state index in [2.05, 4.69) is 24.4 Å². The third-order valence-electron chi connectivity index (χ3n) is 4.39. The Kier molecular flexibility index (Phi) is 5.22. The number of nitrogens with zero attached hydrogens (tertiary/aromatic N) is 2. The predicted molar refractivity (Wildman–Crippen MR) is 104 cm³/mol. The van der Waals surface area contributed by atoms with Crippen LogP contribution in [0.2, 0.25) is 0 Å². The first-order chi connectivity index (χ1) is 14.3. The molecule has 0 radical (unpaired) electrons. The summed E-state index contributed by atoms with van der Waals surface area (Å²) in [6.45, 7) is 6.47. The molecular formula is C19H19F2N3O5S. The first-order valence-corrected chi connectivity index (χ1v) is 10.5. The molecule has 3 aromatic rings. The minimum Gasteiger partial charge on any atom is -0.490 e. The second kappa shape index (κ2) is 7.71. The molecule has 1 unspecified atom stereocenters. The van der Waals surface area contributed by atoms with Crippen molar-refractivity contribution in [3.8, 4) is 23.0 Å². The number of aromatic amines is 1. The molecule has 4 rings (SSSR count). The number of fused-ring (bicyclic) bond motifs is 2. The summed E-state index contributed by atoms with van der Waals surface area (Å²) in [5, 5.41) is 0.188. The normalized spacial score (nSPS) is 15.4. The van der Waals surface area contributed by atoms with Crippen LogP contribution in [0.15, 0.2) is 23.5 Å². The molecule has 3 heterocycles. The van der Waals surface area contributed by atoms with Gasteiger partial charge in [-0.1, -0.05) is 0 Å². The number of alkyl halides is 2. The third-order valence-corrected chi connectivity index (χ3v) is 5.55. The number of imidazole rings is 1. The van der Waals surface area contributed by atoms with Crippen molar-refractivity contribution >= 4 is 21.8 Å². The number of halogens is 2. The van der Waals surface area contributed by atoms with Crippen LogP contribution in [0.25, 0.3) is 11.0 Å². The van der Waals surface area contributed by atoms with E-state index in [-0.39, 0.29) is 22.4 Å². The van der Waals surface area contributed by atoms with Gasteiger partial charge in [-0.25, -0.2) is 4.98 Å². The summed E-state index contributed by atoms with van der Waals surface area (Å²) < 4.78 is 59.4. The summed E-state index contributed by atoms with van der Waals surface area (Å²) in [7, 11) is -1.57. The van der Waals surface area contributed by atoms with Crippen molar-refractivity contribution in [3.63, 3.8) is 0 Å². The fourth-order valence-electron chi connectivity index (χ4n) is 3.07. The smallest absolute Gasteiger partial charge is 0.490 e. The molecule has 0 saturated heterocycles. The molecule has 0 saturated carbocycles. The summed E-state index contributed by atoms with van der Waals surface area (Å²) in [6.07, 6.45) is -2.16. The summed E-state index contributed by atoms with van der Waals surface area (Å²) in [5.74, 6) is 0.947. The van der Waals surface area contributed by atoms with Crippen LogP contribution in [0.5, 0.6) is 23.0 Å². The molecule has 1 aliphatic rings. The van der Waals surface area contributed by atoms with Gasteiger partial charge >= 0.3 is 6.29 Å². The molecular weight excluding hydrogens is 420 g/mol. The lowest BCUT2D eigenvalue weighted by molar-refractivity contribution is -0.286. The number of benzene rings is 1. The highest BCUT2D eigenvalue weighted by molar-refractivity contribution is 7.84. The van der Waals surface area contributed by atoms with E-state index in [0.29, 0.717) is 41.4 Å². The average molecular weight is 439 g/mol. The lowest BCUT2D eigenvalue weighted by Gasteiger charge is -2.15. The van der Waals surface area contributed by atoms with Crippen LogP contribution in [0, 0.1) is 6.92 Å². The van der Waals surface area contributed by atoms with Gasteiger partial charge in [0.15, 0.2) is 28.2 Å². The first kappa shape index (κ1) is 20.3. The number of ether oxygens (including phenoxy) is 4. The monoisotopic (exact) mass is 439 g/mol. The van der Waals surface area contributed by atoms with Gasteiger partial charge in [0.25, 0.3) is 0 Å². The maximum absolute atomic E-state index is 13.2. The molecule has 160 valence electrons. The van der Waals surface area contributed by atoms with Gasteiger partial charge in [0.05, 0.1) is 52.7 Å². The van der Waals surface area contributed by atoms with Gasteiger partial charge in [0, 0.05) is 17.7 Å². The first-order valence-electron chi connectivity index (χ1n) is 9.23. The molecule has 1 aliphatic heterocycles. The summed E-state index contributed by atoms with van der Waals surface area (Å²) in [6, 6.07) is 2.66. The van der Waals surface area contributed by atoms with Gasteiger partial charge in [-0.2, -0.15) is 0 Å². The minimum atomic E-state index is -3.71. The average Bonchev–Trinajstić information content (AvgIpc) is 3.22. The van der Waals surface area contributed by atoms with E-state index in [9.17, 15) is 13.0 Å². The van der Waals surface area contributed by atoms with Crippen LogP contribution in [-0.2, 0) is 16.6 Å². The van der Waals surface area contributed by atoms with Crippen LogP contribution in [0.4, 0.5) is 8.78 Å². The molecule has 0 aliphatic carbocycles. The van der Waals surface area contributed by atoms with E-state index in [1.165, 1.54) is 12.1 Å². The molecule has 1 aromatic carbocycles. The van der Waals surface area contributed by atoms with Crippen molar-refractivity contribution < 1.29 is 31.9 Å². The zero-order valence-electron chi connectivity index (χ0n) is 16.5. The Morgan fingerprint density at radius 2 is 1.87 bits per heavy atom. The van der Waals surface area contributed by atoms with Gasteiger partial charge in [-0.05, 0) is 20.8 Å². The van der Waals surface area contributed by atoms with Gasteiger partial charge < -0.3 is 23.9 Å². The van der Waals surface area contributed by atoms with E-state index in [1.807, 2.05) is 20.8 Å². The lowest BCUT2D eigenvalue weighted by Crippen LogP contribution is -2.25. The molecule has 0 amide bonds. The van der Waals surface area contributed by atoms with Crippen LogP contribution in [0.3, 0.4) is 0 Å². The van der Waals surface area contributed by atoms with Crippen molar-refractivity contribution in [2.24, 2.45) is 0 Å². The van der Waals surface area contributed by atoms with Crippen molar-refractivity contribution in [1.82, 2.24) is 15.0 Å². The SMILES string of the molecule is CCOc1cnc(CS(=O)c2nc3cc4c(cc3[nH]2)OC(F)(F)O4)c(C)c1OCC. The number of hydrogen-bond acceptors (Lipinski definition) is 7. The molecule has 1 N–H and O–H groups in total. The van der Waals surface area contributed by atoms with Crippen molar-refractivity contribution in [3.05, 3.63) is 29.6 Å². The predicted octanol–water partition coefficient (Wildman–Crippen LogP) is 3.69. The minimum absolute atomic E-state index is 0.0862. The van der Waals surface area contributed by atoms with Gasteiger partial charge in [-0.15, -0.1) is 8.78 Å². The summed E-state index contributed by atoms with van der Waals surface area (Å²) >= 11 is 0. The van der Waals surface area contributed by atoms with E-state index in [4.69, 9.17) is 9.47 Å². The van der Waals surface area contributed by atoms with Crippen LogP contribution in [0.1, 0.15) is 25.1 Å². The second-order valence-electron chi connectivity index (χ2n) is 6.40. The van der Waals surface area contributed by atoms with Crippen molar-refractivity contribution in [2.45, 2.75) is 38.0 Å². The van der Waals surface area contributed by atoms with Gasteiger partial charge in [0.2, 0.25) is 0 Å². The highest BCUT2D eigenvalue weighted by atomic mass is 32.2. The topological polar surface area (TPSA) is 95.6 Å². The number of pyridine rings is 1. The Bertz CT molecular complexity index is 1090. The van der Waals surface area contributed by atoms with E-state index >= 15 is 0 Å². The van der Waals surface area contributed by atoms with E-state index < -0.39 is 17.1 Å². The van der Waals surface area contributed by atoms with Crippen LogP contribution in [-0.4, -0.2) is 38.7 Å². The molecule has 2 aromatic heterocycles. The fourth-order valence-corrected chi connectivity index (χ4v) is 4.17. The highest BCUT2D eigenvalue weighted by Gasteiger charge is 2.43. The fraction of sp³-hybridized carbons (Fsp3) is 0.368. The number of nitrogens with one attached hydrogen (secondary N) is 1. The van der Waals surface area contributed by atoms with Crippen LogP contribution < -0.4 is 18.9 Å². The summed E-state index contributed by atoms with van der Waals surface area (Å²) in [4.78, 5) is 11.5. The molecule has 30 heavy (non-hydrogen) atoms. The number of aromatic nitrogens is 3. The molecule has 0 spiro atoms. The third kappa shape index (κ3) is 3.76. The van der Waals surface area contributed by atoms with Gasteiger partial charge in [-0.3, -0.25) is 9.19 Å². The lowest BCUT2D eigenvalue weighted by atomic mass is 10.2. The Morgan fingerprint density at radius 1 is 1.17 bits per heavy atom. The Hall–Kier alpha value is -2.95. The highest BCUT2D eigenvalue weighted by Crippen LogP contribution is 2.43. The number of rotatable bonds is 7. The second-order valence-corrected chi connectivity index (χ2v) is 7.77. The quantitative estimate of drug-likeness (QED) is 0.600. The standard InChI is InChI=1S/C19H19F2N3O5S/c1-4-26-16-8-22-13(10(3)17(16)27-5-2)9-30(25)18-23-11-6-14-15(7-12(11)24-18)29-19(20,21)28-14/h6-8H,4-5,9H2,1-3H3,(H,23,24). The van der Waals surface area contributed by atoms with Crippen molar-refractivity contribution in [1.29, 1.82) is 0 Å². The van der Waals surface area contributed by atoms with E-state index in [0.717, 1.165) is 5.56 Å². The Balaban J connectivity index is 1.60. The Labute approximate surface area is 173 Å². The zero-order chi connectivity index (χ0) is 21.5. The summed E-state index contributed by atoms with van der Waals surface area (Å²) in [5.41, 5.74) is 2.05. The molecule has 11 heteroatoms. The number of hydrogen-bond donors (Lipinski definition) is 1. The van der Waals surface area contributed by atoms with Crippen LogP contribution >= 0.6 is 0 Å². The number of H-pyrrole nitrogens is 1. The zero-order valence-corrected chi connectivity index (χ0v) is 17.3. The molecule has 0 fully saturated rings. The molecule has 8 nitrogen and oxygen atoms in total.